The molecule has 7 nitrogen and oxygen atoms in total. The van der Waals surface area contributed by atoms with E-state index in [-0.39, 0.29) is 11.1 Å². The third-order valence-corrected chi connectivity index (χ3v) is 4.96. The number of thiophene rings is 1. The van der Waals surface area contributed by atoms with E-state index >= 15 is 0 Å². The van der Waals surface area contributed by atoms with Crippen molar-refractivity contribution in [3.8, 4) is 11.1 Å². The van der Waals surface area contributed by atoms with E-state index in [1.165, 1.54) is 17.4 Å². The molecule has 0 atom stereocenters. The minimum atomic E-state index is -1.13. The number of para-hydroxylation sites is 1. The van der Waals surface area contributed by atoms with Gasteiger partial charge in [0.05, 0.1) is 16.8 Å². The van der Waals surface area contributed by atoms with Crippen LogP contribution in [0, 0.1) is 0 Å². The highest BCUT2D eigenvalue weighted by Crippen LogP contribution is 2.34. The summed E-state index contributed by atoms with van der Waals surface area (Å²) in [7, 11) is 0. The first kappa shape index (κ1) is 19.8. The molecule has 0 fully saturated rings. The predicted molar refractivity (Wildman–Crippen MR) is 114 cm³/mol. The lowest BCUT2D eigenvalue weighted by molar-refractivity contribution is -0.130. The monoisotopic (exact) mass is 407 g/mol. The van der Waals surface area contributed by atoms with Crippen LogP contribution in [0.4, 0.5) is 15.5 Å². The molecule has 0 saturated heterocycles. The number of aliphatic carboxylic acids is 1. The van der Waals surface area contributed by atoms with Crippen LogP contribution in [-0.2, 0) is 4.79 Å². The van der Waals surface area contributed by atoms with Crippen molar-refractivity contribution in [3.05, 3.63) is 77.7 Å². The third kappa shape index (κ3) is 4.33. The number of carboxylic acids is 1. The normalized spacial score (nSPS) is 10.2. The van der Waals surface area contributed by atoms with Crippen LogP contribution in [0.25, 0.3) is 16.7 Å². The first-order valence-corrected chi connectivity index (χ1v) is 9.32. The average molecular weight is 407 g/mol. The Morgan fingerprint density at radius 1 is 0.897 bits per heavy atom. The number of urea groups is 1. The molecule has 0 saturated carbocycles. The van der Waals surface area contributed by atoms with Crippen molar-refractivity contribution in [2.45, 2.75) is 0 Å². The van der Waals surface area contributed by atoms with Crippen molar-refractivity contribution in [1.82, 2.24) is 0 Å². The van der Waals surface area contributed by atoms with Gasteiger partial charge in [-0.1, -0.05) is 49.0 Å². The summed E-state index contributed by atoms with van der Waals surface area (Å²) in [4.78, 5) is 35.3. The van der Waals surface area contributed by atoms with E-state index in [1.807, 2.05) is 0 Å². The predicted octanol–water partition coefficient (Wildman–Crippen LogP) is 4.26. The van der Waals surface area contributed by atoms with E-state index in [0.29, 0.717) is 27.4 Å². The van der Waals surface area contributed by atoms with Crippen LogP contribution in [-0.4, -0.2) is 23.0 Å². The van der Waals surface area contributed by atoms with Crippen molar-refractivity contribution in [2.24, 2.45) is 5.73 Å². The number of anilines is 2. The molecule has 3 rings (SSSR count). The minimum absolute atomic E-state index is 0.0514. The molecule has 2 aromatic carbocycles. The van der Waals surface area contributed by atoms with Crippen molar-refractivity contribution < 1.29 is 19.5 Å². The van der Waals surface area contributed by atoms with Crippen molar-refractivity contribution in [2.75, 3.05) is 10.6 Å². The van der Waals surface area contributed by atoms with Gasteiger partial charge in [-0.15, -0.1) is 11.3 Å². The number of hydrogen-bond acceptors (Lipinski definition) is 4. The molecule has 0 bridgehead atoms. The number of benzene rings is 2. The number of nitrogens with two attached hydrogens (primary N) is 1. The van der Waals surface area contributed by atoms with Crippen LogP contribution >= 0.6 is 11.3 Å². The topological polar surface area (TPSA) is 122 Å². The lowest BCUT2D eigenvalue weighted by Gasteiger charge is -2.15. The number of carboxylic acid groups (broad SMARTS) is 1. The number of carbonyl (C=O) groups is 3. The molecule has 3 aromatic rings. The van der Waals surface area contributed by atoms with Crippen molar-refractivity contribution in [1.29, 1.82) is 0 Å². The molecule has 146 valence electrons. The Balaban J connectivity index is 1.92. The lowest BCUT2D eigenvalue weighted by Crippen LogP contribution is -2.21. The molecule has 0 aliphatic carbocycles. The Kier molecular flexibility index (Phi) is 5.75. The SMILES string of the molecule is C=C(C(=O)O)c1ccccc1-c1ccccc1NC(=O)Nc1sccc1C(N)=O. The van der Waals surface area contributed by atoms with Crippen LogP contribution in [0.3, 0.4) is 0 Å². The highest BCUT2D eigenvalue weighted by molar-refractivity contribution is 7.14. The molecule has 1 aromatic heterocycles. The van der Waals surface area contributed by atoms with Gasteiger partial charge in [-0.2, -0.15) is 0 Å². The fourth-order valence-electron chi connectivity index (χ4n) is 2.78. The van der Waals surface area contributed by atoms with E-state index in [2.05, 4.69) is 17.2 Å². The zero-order valence-electron chi connectivity index (χ0n) is 15.1. The Hall–Kier alpha value is -3.91. The Bertz CT molecular complexity index is 1120. The molecule has 0 aliphatic rings. The number of nitrogens with one attached hydrogen (secondary N) is 2. The first-order chi connectivity index (χ1) is 13.9. The summed E-state index contributed by atoms with van der Waals surface area (Å²) in [6.07, 6.45) is 0. The lowest BCUT2D eigenvalue weighted by atomic mass is 9.94. The number of amides is 3. The molecule has 0 unspecified atom stereocenters. The van der Waals surface area contributed by atoms with Crippen molar-refractivity contribution >= 4 is 45.5 Å². The summed E-state index contributed by atoms with van der Waals surface area (Å²) in [6.45, 7) is 3.64. The number of rotatable bonds is 6. The summed E-state index contributed by atoms with van der Waals surface area (Å²) in [5, 5.41) is 16.7. The molecule has 0 aliphatic heterocycles. The molecule has 8 heteroatoms. The van der Waals surface area contributed by atoms with Gasteiger partial charge in [0.1, 0.15) is 5.00 Å². The zero-order valence-corrected chi connectivity index (χ0v) is 16.0. The number of hydrogen-bond donors (Lipinski definition) is 4. The van der Waals surface area contributed by atoms with Gasteiger partial charge in [-0.3, -0.25) is 10.1 Å². The third-order valence-electron chi connectivity index (χ3n) is 4.13. The Morgan fingerprint density at radius 2 is 1.55 bits per heavy atom. The van der Waals surface area contributed by atoms with Gasteiger partial charge >= 0.3 is 12.0 Å². The zero-order chi connectivity index (χ0) is 21.0. The summed E-state index contributed by atoms with van der Waals surface area (Å²) >= 11 is 1.18. The fourth-order valence-corrected chi connectivity index (χ4v) is 3.57. The number of carbonyl (C=O) groups excluding carboxylic acids is 2. The standard InChI is InChI=1S/C21H17N3O4S/c1-12(20(26)27)13-6-2-3-7-14(13)15-8-4-5-9-17(15)23-21(28)24-19-16(18(22)25)10-11-29-19/h2-11H,1H2,(H2,22,25)(H,26,27)(H2,23,24,28). The minimum Gasteiger partial charge on any atom is -0.478 e. The smallest absolute Gasteiger partial charge is 0.335 e. The molecule has 5 N–H and O–H groups in total. The quantitative estimate of drug-likeness (QED) is 0.456. The molecular formula is C21H17N3O4S. The Morgan fingerprint density at radius 3 is 2.24 bits per heavy atom. The summed E-state index contributed by atoms with van der Waals surface area (Å²) in [6, 6.07) is 14.9. The first-order valence-electron chi connectivity index (χ1n) is 8.44. The van der Waals surface area contributed by atoms with Crippen molar-refractivity contribution in [3.63, 3.8) is 0 Å². The van der Waals surface area contributed by atoms with Crippen LogP contribution < -0.4 is 16.4 Å². The van der Waals surface area contributed by atoms with E-state index in [9.17, 15) is 19.5 Å². The highest BCUT2D eigenvalue weighted by Gasteiger charge is 2.17. The van der Waals surface area contributed by atoms with E-state index in [1.54, 1.807) is 53.9 Å². The van der Waals surface area contributed by atoms with Gasteiger partial charge in [-0.25, -0.2) is 9.59 Å². The fraction of sp³-hybridized carbons (Fsp3) is 0. The summed E-state index contributed by atoms with van der Waals surface area (Å²) in [5.74, 6) is -1.76. The maximum atomic E-state index is 12.5. The second-order valence-electron chi connectivity index (χ2n) is 5.98. The van der Waals surface area contributed by atoms with Gasteiger partial charge in [-0.05, 0) is 28.6 Å². The molecule has 29 heavy (non-hydrogen) atoms. The van der Waals surface area contributed by atoms with Crippen LogP contribution in [0.1, 0.15) is 15.9 Å². The average Bonchev–Trinajstić information content (AvgIpc) is 3.16. The maximum absolute atomic E-state index is 12.5. The van der Waals surface area contributed by atoms with Crippen LogP contribution in [0.15, 0.2) is 66.6 Å². The van der Waals surface area contributed by atoms with E-state index in [4.69, 9.17) is 5.73 Å². The molecule has 1 heterocycles. The van der Waals surface area contributed by atoms with Gasteiger partial charge < -0.3 is 16.2 Å². The maximum Gasteiger partial charge on any atom is 0.335 e. The van der Waals surface area contributed by atoms with Gasteiger partial charge in [0.25, 0.3) is 5.91 Å². The van der Waals surface area contributed by atoms with Gasteiger partial charge in [0.2, 0.25) is 0 Å². The molecule has 0 spiro atoms. The summed E-state index contributed by atoms with van der Waals surface area (Å²) in [5.41, 5.74) is 7.62. The second-order valence-corrected chi connectivity index (χ2v) is 6.90. The Labute approximate surface area is 170 Å². The van der Waals surface area contributed by atoms with Gasteiger partial charge in [0, 0.05) is 5.56 Å². The number of primary amides is 1. The van der Waals surface area contributed by atoms with Crippen LogP contribution in [0.5, 0.6) is 0 Å². The summed E-state index contributed by atoms with van der Waals surface area (Å²) < 4.78 is 0. The highest BCUT2D eigenvalue weighted by atomic mass is 32.1. The van der Waals surface area contributed by atoms with Gasteiger partial charge in [0.15, 0.2) is 0 Å². The largest absolute Gasteiger partial charge is 0.478 e. The van der Waals surface area contributed by atoms with E-state index < -0.39 is 17.9 Å². The molecule has 3 amide bonds. The van der Waals surface area contributed by atoms with E-state index in [0.717, 1.165) is 0 Å². The second kappa shape index (κ2) is 8.41. The molecule has 0 radical (unpaired) electrons. The van der Waals surface area contributed by atoms with Crippen LogP contribution in [0.2, 0.25) is 0 Å². The molecular weight excluding hydrogens is 390 g/mol.